The van der Waals surface area contributed by atoms with Gasteiger partial charge in [0.25, 0.3) is 0 Å². The molecule has 7 heteroatoms. The van der Waals surface area contributed by atoms with Crippen LogP contribution in [0.15, 0.2) is 36.4 Å². The Hall–Kier alpha value is -2.38. The van der Waals surface area contributed by atoms with Gasteiger partial charge in [-0.25, -0.2) is 4.31 Å². The molecule has 1 atom stereocenters. The number of aryl methyl sites for hydroxylation is 4. The number of rotatable bonds is 8. The van der Waals surface area contributed by atoms with Gasteiger partial charge in [-0.15, -0.1) is 0 Å². The first-order valence-corrected chi connectivity index (χ1v) is 11.5. The van der Waals surface area contributed by atoms with Gasteiger partial charge in [0.1, 0.15) is 6.54 Å². The molecule has 0 spiro atoms. The van der Waals surface area contributed by atoms with E-state index in [2.05, 4.69) is 11.4 Å². The number of nitrogens with zero attached hydrogens (tertiary/aromatic N) is 2. The molecule has 30 heavy (non-hydrogen) atoms. The molecule has 1 N–H and O–H groups in total. The third kappa shape index (κ3) is 5.40. The van der Waals surface area contributed by atoms with Crippen LogP contribution in [-0.2, 0) is 15.0 Å². The summed E-state index contributed by atoms with van der Waals surface area (Å²) >= 11 is 0. The summed E-state index contributed by atoms with van der Waals surface area (Å²) in [6.07, 6.45) is 0.708. The lowest BCUT2D eigenvalue weighted by molar-refractivity contribution is -0.120. The fourth-order valence-electron chi connectivity index (χ4n) is 3.46. The zero-order chi connectivity index (χ0) is 22.6. The van der Waals surface area contributed by atoms with Crippen molar-refractivity contribution in [1.82, 2.24) is 9.62 Å². The van der Waals surface area contributed by atoms with Gasteiger partial charge in [0.05, 0.1) is 11.7 Å². The number of anilines is 1. The Labute approximate surface area is 181 Å². The van der Waals surface area contributed by atoms with Gasteiger partial charge in [-0.05, 0) is 62.4 Å². The van der Waals surface area contributed by atoms with Crippen molar-refractivity contribution in [2.75, 3.05) is 24.9 Å². The lowest BCUT2D eigenvalue weighted by atomic mass is 9.97. The van der Waals surface area contributed by atoms with Gasteiger partial charge in [-0.2, -0.15) is 12.7 Å². The van der Waals surface area contributed by atoms with Crippen LogP contribution in [0.4, 0.5) is 5.69 Å². The van der Waals surface area contributed by atoms with Gasteiger partial charge in [-0.3, -0.25) is 4.79 Å². The Bertz CT molecular complexity index is 1020. The third-order valence-electron chi connectivity index (χ3n) is 5.20. The summed E-state index contributed by atoms with van der Waals surface area (Å²) in [7, 11) is -0.905. The van der Waals surface area contributed by atoms with Crippen molar-refractivity contribution in [2.24, 2.45) is 0 Å². The Kier molecular flexibility index (Phi) is 7.66. The quantitative estimate of drug-likeness (QED) is 0.691. The van der Waals surface area contributed by atoms with E-state index in [4.69, 9.17) is 0 Å². The zero-order valence-corrected chi connectivity index (χ0v) is 19.8. The number of carbonyl (C=O) groups excluding carboxylic acids is 1. The summed E-state index contributed by atoms with van der Waals surface area (Å²) in [6, 6.07) is 11.5. The summed E-state index contributed by atoms with van der Waals surface area (Å²) in [4.78, 5) is 13.0. The molecule has 1 amide bonds. The fourth-order valence-corrected chi connectivity index (χ4v) is 4.58. The van der Waals surface area contributed by atoms with Crippen LogP contribution in [0.5, 0.6) is 0 Å². The Balaban J connectivity index is 2.35. The number of benzene rings is 2. The van der Waals surface area contributed by atoms with E-state index >= 15 is 0 Å². The Morgan fingerprint density at radius 2 is 1.57 bits per heavy atom. The molecule has 2 aromatic rings. The summed E-state index contributed by atoms with van der Waals surface area (Å²) < 4.78 is 28.3. The lowest BCUT2D eigenvalue weighted by Gasteiger charge is -2.29. The van der Waals surface area contributed by atoms with Crippen LogP contribution < -0.4 is 9.62 Å². The maximum absolute atomic E-state index is 13.0. The number of nitrogens with one attached hydrogen (secondary N) is 1. The first kappa shape index (κ1) is 23.9. The molecule has 6 nitrogen and oxygen atoms in total. The second-order valence-corrected chi connectivity index (χ2v) is 10.0. The number of amides is 1. The molecule has 2 rings (SSSR count). The fraction of sp³-hybridized carbons (Fsp3) is 0.435. The van der Waals surface area contributed by atoms with Gasteiger partial charge in [0, 0.05) is 14.1 Å². The van der Waals surface area contributed by atoms with Crippen molar-refractivity contribution in [3.63, 3.8) is 0 Å². The van der Waals surface area contributed by atoms with Gasteiger partial charge < -0.3 is 5.32 Å². The first-order chi connectivity index (χ1) is 14.0. The molecule has 0 radical (unpaired) electrons. The van der Waals surface area contributed by atoms with Crippen LogP contribution in [0.2, 0.25) is 0 Å². The molecule has 0 aromatic heterocycles. The molecule has 0 aliphatic rings. The largest absolute Gasteiger partial charge is 0.348 e. The lowest BCUT2D eigenvalue weighted by Crippen LogP contribution is -2.46. The highest BCUT2D eigenvalue weighted by Gasteiger charge is 2.29. The minimum atomic E-state index is -3.84. The average molecular weight is 432 g/mol. The van der Waals surface area contributed by atoms with Crippen molar-refractivity contribution in [1.29, 1.82) is 0 Å². The van der Waals surface area contributed by atoms with Crippen molar-refractivity contribution in [3.05, 3.63) is 64.2 Å². The Morgan fingerprint density at radius 3 is 2.13 bits per heavy atom. The topological polar surface area (TPSA) is 69.7 Å². The second kappa shape index (κ2) is 9.62. The third-order valence-corrected chi connectivity index (χ3v) is 7.01. The molecule has 0 saturated heterocycles. The predicted molar refractivity (Wildman–Crippen MR) is 123 cm³/mol. The molecule has 0 bridgehead atoms. The zero-order valence-electron chi connectivity index (χ0n) is 19.0. The van der Waals surface area contributed by atoms with Gasteiger partial charge in [0.2, 0.25) is 5.91 Å². The highest BCUT2D eigenvalue weighted by molar-refractivity contribution is 7.90. The number of hydrogen-bond donors (Lipinski definition) is 1. The van der Waals surface area contributed by atoms with Crippen molar-refractivity contribution >= 4 is 21.8 Å². The molecule has 1 unspecified atom stereocenters. The standard InChI is InChI=1S/C23H33N3O3S/c1-8-21(20-12-10-16(2)13-19(20)5)24-23(27)15-26(30(28,29)25(6)7)22-14-17(3)9-11-18(22)4/h9-14,21H,8,15H2,1-7H3,(H,24,27). The van der Waals surface area contributed by atoms with Crippen LogP contribution >= 0.6 is 0 Å². The summed E-state index contributed by atoms with van der Waals surface area (Å²) in [5, 5.41) is 3.03. The van der Waals surface area contributed by atoms with Gasteiger partial charge in [0.15, 0.2) is 0 Å². The van der Waals surface area contributed by atoms with Crippen LogP contribution in [0.25, 0.3) is 0 Å². The number of carbonyl (C=O) groups is 1. The summed E-state index contributed by atoms with van der Waals surface area (Å²) in [5.41, 5.74) is 5.55. The van der Waals surface area contributed by atoms with Crippen molar-refractivity contribution in [2.45, 2.75) is 47.1 Å². The first-order valence-electron chi connectivity index (χ1n) is 10.1. The molecule has 164 valence electrons. The smallest absolute Gasteiger partial charge is 0.304 e. The van der Waals surface area contributed by atoms with Crippen LogP contribution in [0, 0.1) is 27.7 Å². The van der Waals surface area contributed by atoms with Crippen LogP contribution in [0.3, 0.4) is 0 Å². The van der Waals surface area contributed by atoms with Gasteiger partial charge >= 0.3 is 10.2 Å². The van der Waals surface area contributed by atoms with Crippen molar-refractivity contribution < 1.29 is 13.2 Å². The van der Waals surface area contributed by atoms with Crippen LogP contribution in [0.1, 0.15) is 47.2 Å². The maximum Gasteiger partial charge on any atom is 0.304 e. The normalized spacial score (nSPS) is 12.7. The predicted octanol–water partition coefficient (Wildman–Crippen LogP) is 3.80. The summed E-state index contributed by atoms with van der Waals surface area (Å²) in [5.74, 6) is -0.340. The maximum atomic E-state index is 13.0. The van der Waals surface area contributed by atoms with E-state index in [0.29, 0.717) is 12.1 Å². The minimum Gasteiger partial charge on any atom is -0.348 e. The molecule has 0 fully saturated rings. The van der Waals surface area contributed by atoms with Crippen LogP contribution in [-0.4, -0.2) is 39.3 Å². The monoisotopic (exact) mass is 431 g/mol. The van der Waals surface area contributed by atoms with E-state index in [0.717, 1.165) is 32.1 Å². The average Bonchev–Trinajstić information content (AvgIpc) is 2.66. The highest BCUT2D eigenvalue weighted by atomic mass is 32.2. The molecule has 0 aliphatic heterocycles. The van der Waals surface area contributed by atoms with E-state index in [1.807, 2.05) is 58.9 Å². The minimum absolute atomic E-state index is 0.180. The van der Waals surface area contributed by atoms with E-state index in [1.54, 1.807) is 6.07 Å². The Morgan fingerprint density at radius 1 is 0.967 bits per heavy atom. The molecular formula is C23H33N3O3S. The summed E-state index contributed by atoms with van der Waals surface area (Å²) in [6.45, 7) is 9.52. The van der Waals surface area contributed by atoms with Gasteiger partial charge in [-0.1, -0.05) is 42.8 Å². The number of hydrogen-bond acceptors (Lipinski definition) is 3. The molecule has 2 aromatic carbocycles. The molecule has 0 aliphatic carbocycles. The SMILES string of the molecule is CCC(NC(=O)CN(c1cc(C)ccc1C)S(=O)(=O)N(C)C)c1ccc(C)cc1C. The van der Waals surface area contributed by atoms with Crippen molar-refractivity contribution in [3.8, 4) is 0 Å². The van der Waals surface area contributed by atoms with E-state index in [1.165, 1.54) is 18.4 Å². The molecule has 0 saturated carbocycles. The van der Waals surface area contributed by atoms with E-state index in [-0.39, 0.29) is 18.5 Å². The molecular weight excluding hydrogens is 398 g/mol. The highest BCUT2D eigenvalue weighted by Crippen LogP contribution is 2.26. The molecule has 0 heterocycles. The second-order valence-electron chi connectivity index (χ2n) is 7.98. The van der Waals surface area contributed by atoms with E-state index in [9.17, 15) is 13.2 Å². The van der Waals surface area contributed by atoms with E-state index < -0.39 is 10.2 Å².